The quantitative estimate of drug-likeness (QED) is 0.852. The van der Waals surface area contributed by atoms with E-state index in [4.69, 9.17) is 4.74 Å². The SMILES string of the molecule is CC(C)Oc1ccc(CNC2CCCC(C)(C)C2)cc1. The van der Waals surface area contributed by atoms with Gasteiger partial charge in [-0.3, -0.25) is 0 Å². The average molecular weight is 275 g/mol. The molecule has 112 valence electrons. The van der Waals surface area contributed by atoms with Crippen molar-refractivity contribution in [3.63, 3.8) is 0 Å². The van der Waals surface area contributed by atoms with Gasteiger partial charge in [0, 0.05) is 12.6 Å². The van der Waals surface area contributed by atoms with E-state index in [-0.39, 0.29) is 6.10 Å². The van der Waals surface area contributed by atoms with E-state index in [0.29, 0.717) is 11.5 Å². The lowest BCUT2D eigenvalue weighted by Crippen LogP contribution is -2.36. The predicted molar refractivity (Wildman–Crippen MR) is 85.1 cm³/mol. The molecule has 1 aromatic rings. The normalized spacial score (nSPS) is 21.9. The summed E-state index contributed by atoms with van der Waals surface area (Å²) < 4.78 is 5.67. The van der Waals surface area contributed by atoms with Gasteiger partial charge in [0.1, 0.15) is 5.75 Å². The van der Waals surface area contributed by atoms with Gasteiger partial charge in [-0.2, -0.15) is 0 Å². The fourth-order valence-corrected chi connectivity index (χ4v) is 3.09. The van der Waals surface area contributed by atoms with Crippen molar-refractivity contribution >= 4 is 0 Å². The maximum Gasteiger partial charge on any atom is 0.119 e. The standard InChI is InChI=1S/C18H29NO/c1-14(2)20-17-9-7-15(8-10-17)13-19-16-6-5-11-18(3,4)12-16/h7-10,14,16,19H,5-6,11-13H2,1-4H3. The van der Waals surface area contributed by atoms with Gasteiger partial charge in [0.25, 0.3) is 0 Å². The van der Waals surface area contributed by atoms with Crippen LogP contribution in [0, 0.1) is 5.41 Å². The van der Waals surface area contributed by atoms with E-state index in [1.54, 1.807) is 0 Å². The van der Waals surface area contributed by atoms with Crippen LogP contribution < -0.4 is 10.1 Å². The summed E-state index contributed by atoms with van der Waals surface area (Å²) in [6.45, 7) is 9.85. The zero-order valence-corrected chi connectivity index (χ0v) is 13.4. The molecule has 0 aliphatic heterocycles. The van der Waals surface area contributed by atoms with Gasteiger partial charge in [0.2, 0.25) is 0 Å². The Balaban J connectivity index is 1.82. The molecule has 2 heteroatoms. The minimum Gasteiger partial charge on any atom is -0.491 e. The molecule has 0 spiro atoms. The summed E-state index contributed by atoms with van der Waals surface area (Å²) in [7, 11) is 0. The van der Waals surface area contributed by atoms with Gasteiger partial charge in [-0.25, -0.2) is 0 Å². The van der Waals surface area contributed by atoms with Gasteiger partial charge >= 0.3 is 0 Å². The summed E-state index contributed by atoms with van der Waals surface area (Å²) in [5.74, 6) is 0.961. The van der Waals surface area contributed by atoms with Crippen molar-refractivity contribution in [2.24, 2.45) is 5.41 Å². The third-order valence-electron chi connectivity index (χ3n) is 4.10. The Morgan fingerprint density at radius 3 is 2.55 bits per heavy atom. The van der Waals surface area contributed by atoms with Crippen LogP contribution in [0.4, 0.5) is 0 Å². The molecule has 2 rings (SSSR count). The second kappa shape index (κ2) is 6.62. The van der Waals surface area contributed by atoms with Crippen LogP contribution in [0.15, 0.2) is 24.3 Å². The molecule has 1 unspecified atom stereocenters. The monoisotopic (exact) mass is 275 g/mol. The molecular weight excluding hydrogens is 246 g/mol. The second-order valence-corrected chi connectivity index (χ2v) is 7.15. The average Bonchev–Trinajstić information content (AvgIpc) is 2.36. The van der Waals surface area contributed by atoms with Gasteiger partial charge < -0.3 is 10.1 Å². The van der Waals surface area contributed by atoms with Crippen molar-refractivity contribution in [3.8, 4) is 5.75 Å². The molecule has 1 aromatic carbocycles. The van der Waals surface area contributed by atoms with Crippen molar-refractivity contribution in [3.05, 3.63) is 29.8 Å². The highest BCUT2D eigenvalue weighted by molar-refractivity contribution is 5.27. The zero-order valence-electron chi connectivity index (χ0n) is 13.4. The number of ether oxygens (including phenoxy) is 1. The molecule has 1 saturated carbocycles. The van der Waals surface area contributed by atoms with Crippen LogP contribution in [0.3, 0.4) is 0 Å². The lowest BCUT2D eigenvalue weighted by molar-refractivity contribution is 0.198. The van der Waals surface area contributed by atoms with E-state index in [1.807, 2.05) is 0 Å². The molecule has 0 aromatic heterocycles. The molecule has 0 amide bonds. The predicted octanol–water partition coefficient (Wildman–Crippen LogP) is 4.53. The molecule has 0 heterocycles. The Morgan fingerprint density at radius 1 is 1.25 bits per heavy atom. The summed E-state index contributed by atoms with van der Waals surface area (Å²) in [5, 5.41) is 3.71. The number of nitrogens with one attached hydrogen (secondary N) is 1. The first kappa shape index (κ1) is 15.4. The molecule has 1 aliphatic carbocycles. The van der Waals surface area contributed by atoms with E-state index in [1.165, 1.54) is 31.2 Å². The molecule has 1 atom stereocenters. The Labute approximate surface area is 123 Å². The number of hydrogen-bond donors (Lipinski definition) is 1. The third kappa shape index (κ3) is 4.82. The first-order chi connectivity index (χ1) is 9.44. The Bertz CT molecular complexity index is 408. The van der Waals surface area contributed by atoms with Crippen LogP contribution in [-0.2, 0) is 6.54 Å². The van der Waals surface area contributed by atoms with Crippen LogP contribution in [0.1, 0.15) is 58.9 Å². The number of hydrogen-bond acceptors (Lipinski definition) is 2. The molecule has 1 fully saturated rings. The second-order valence-electron chi connectivity index (χ2n) is 7.15. The fourth-order valence-electron chi connectivity index (χ4n) is 3.09. The Kier molecular flexibility index (Phi) is 5.09. The summed E-state index contributed by atoms with van der Waals surface area (Å²) in [5.41, 5.74) is 1.84. The Hall–Kier alpha value is -1.02. The summed E-state index contributed by atoms with van der Waals surface area (Å²) in [4.78, 5) is 0. The minimum atomic E-state index is 0.239. The molecular formula is C18H29NO. The van der Waals surface area contributed by atoms with Crippen LogP contribution >= 0.6 is 0 Å². The molecule has 1 N–H and O–H groups in total. The van der Waals surface area contributed by atoms with Crippen LogP contribution in [-0.4, -0.2) is 12.1 Å². The topological polar surface area (TPSA) is 21.3 Å². The molecule has 2 nitrogen and oxygen atoms in total. The van der Waals surface area contributed by atoms with Gasteiger partial charge in [-0.1, -0.05) is 32.4 Å². The summed E-state index contributed by atoms with van der Waals surface area (Å²) in [6.07, 6.45) is 5.57. The first-order valence-corrected chi connectivity index (χ1v) is 7.94. The fraction of sp³-hybridized carbons (Fsp3) is 0.667. The highest BCUT2D eigenvalue weighted by Crippen LogP contribution is 2.35. The molecule has 0 bridgehead atoms. The number of rotatable bonds is 5. The van der Waals surface area contributed by atoms with Gasteiger partial charge in [0.05, 0.1) is 6.10 Å². The van der Waals surface area contributed by atoms with Crippen molar-refractivity contribution in [2.75, 3.05) is 0 Å². The zero-order chi connectivity index (χ0) is 14.6. The largest absolute Gasteiger partial charge is 0.491 e. The van der Waals surface area contributed by atoms with Gasteiger partial charge in [0.15, 0.2) is 0 Å². The van der Waals surface area contributed by atoms with Crippen molar-refractivity contribution in [1.29, 1.82) is 0 Å². The van der Waals surface area contributed by atoms with Crippen molar-refractivity contribution in [1.82, 2.24) is 5.32 Å². The lowest BCUT2D eigenvalue weighted by atomic mass is 9.75. The molecule has 0 saturated heterocycles. The van der Waals surface area contributed by atoms with E-state index in [9.17, 15) is 0 Å². The van der Waals surface area contributed by atoms with E-state index >= 15 is 0 Å². The molecule has 1 aliphatic rings. The Morgan fingerprint density at radius 2 is 1.95 bits per heavy atom. The van der Waals surface area contributed by atoms with E-state index in [2.05, 4.69) is 57.3 Å². The maximum absolute atomic E-state index is 5.67. The highest BCUT2D eigenvalue weighted by atomic mass is 16.5. The van der Waals surface area contributed by atoms with Crippen LogP contribution in [0.5, 0.6) is 5.75 Å². The van der Waals surface area contributed by atoms with Crippen molar-refractivity contribution in [2.45, 2.75) is 72.1 Å². The highest BCUT2D eigenvalue weighted by Gasteiger charge is 2.27. The maximum atomic E-state index is 5.67. The number of benzene rings is 1. The van der Waals surface area contributed by atoms with Gasteiger partial charge in [-0.05, 0) is 56.2 Å². The van der Waals surface area contributed by atoms with E-state index < -0.39 is 0 Å². The summed E-state index contributed by atoms with van der Waals surface area (Å²) in [6, 6.07) is 9.14. The third-order valence-corrected chi connectivity index (χ3v) is 4.10. The van der Waals surface area contributed by atoms with Crippen molar-refractivity contribution < 1.29 is 4.74 Å². The molecule has 0 radical (unpaired) electrons. The summed E-state index contributed by atoms with van der Waals surface area (Å²) >= 11 is 0. The molecule has 20 heavy (non-hydrogen) atoms. The van der Waals surface area contributed by atoms with Crippen LogP contribution in [0.25, 0.3) is 0 Å². The minimum absolute atomic E-state index is 0.239. The first-order valence-electron chi connectivity index (χ1n) is 7.94. The van der Waals surface area contributed by atoms with Gasteiger partial charge in [-0.15, -0.1) is 0 Å². The van der Waals surface area contributed by atoms with E-state index in [0.717, 1.165) is 12.3 Å². The lowest BCUT2D eigenvalue weighted by Gasteiger charge is -2.35. The smallest absolute Gasteiger partial charge is 0.119 e. The van der Waals surface area contributed by atoms with Crippen LogP contribution in [0.2, 0.25) is 0 Å².